The first kappa shape index (κ1) is 55.1. The third-order valence-electron chi connectivity index (χ3n) is 22.4. The second-order valence-electron chi connectivity index (χ2n) is 27.5. The van der Waals surface area contributed by atoms with Gasteiger partial charge in [-0.05, 0) is 231 Å². The molecule has 23 aromatic rings. The summed E-state index contributed by atoms with van der Waals surface area (Å²) in [7, 11) is 0. The van der Waals surface area contributed by atoms with Crippen LogP contribution in [-0.2, 0) is 0 Å². The van der Waals surface area contributed by atoms with Crippen molar-refractivity contribution in [1.29, 1.82) is 0 Å². The van der Waals surface area contributed by atoms with E-state index in [2.05, 4.69) is 338 Å². The lowest BCUT2D eigenvalue weighted by atomic mass is 9.85. The Morgan fingerprint density at radius 1 is 0.198 bits per heavy atom. The Labute approximate surface area is 583 Å². The molecule has 0 saturated heterocycles. The molecule has 0 aliphatic heterocycles. The van der Waals surface area contributed by atoms with E-state index in [0.29, 0.717) is 0 Å². The minimum absolute atomic E-state index is 0.900. The maximum absolute atomic E-state index is 6.95. The molecule has 3 heterocycles. The molecule has 0 unspecified atom stereocenters. The lowest BCUT2D eigenvalue weighted by molar-refractivity contribution is 0.662. The number of rotatable bonds is 7. The van der Waals surface area contributed by atoms with Crippen molar-refractivity contribution in [2.45, 2.75) is 0 Å². The third kappa shape index (κ3) is 7.70. The van der Waals surface area contributed by atoms with Crippen molar-refractivity contribution >= 4 is 172 Å². The Morgan fingerprint density at radius 2 is 0.614 bits per heavy atom. The number of hydrogen-bond donors (Lipinski definition) is 0. The second kappa shape index (κ2) is 20.8. The summed E-state index contributed by atoms with van der Waals surface area (Å²) in [5.74, 6) is 0. The lowest BCUT2D eigenvalue weighted by Gasteiger charge is -2.18. The first-order valence-corrected chi connectivity index (χ1v) is 35.8. The molecule has 2 nitrogen and oxygen atoms in total. The highest BCUT2D eigenvalue weighted by molar-refractivity contribution is 7.25. The first-order chi connectivity index (χ1) is 50.1. The Bertz CT molecular complexity index is 7460. The molecular formula is C98H55NOS. The zero-order valence-electron chi connectivity index (χ0n) is 54.5. The smallest absolute Gasteiger partial charge is 0.135 e. The summed E-state index contributed by atoms with van der Waals surface area (Å²) in [5.41, 5.74) is 20.0. The summed E-state index contributed by atoms with van der Waals surface area (Å²) in [6.45, 7) is 0. The van der Waals surface area contributed by atoms with Gasteiger partial charge in [-0.25, -0.2) is 0 Å². The summed E-state index contributed by atoms with van der Waals surface area (Å²) < 4.78 is 11.9. The fourth-order valence-electron chi connectivity index (χ4n) is 18.3. The minimum Gasteiger partial charge on any atom is -0.456 e. The zero-order valence-corrected chi connectivity index (χ0v) is 55.3. The number of nitrogens with zero attached hydrogens (tertiary/aromatic N) is 1. The van der Waals surface area contributed by atoms with E-state index in [1.807, 2.05) is 11.3 Å². The molecule has 0 aliphatic carbocycles. The normalized spacial score (nSPS) is 12.4. The molecule has 0 radical (unpaired) electrons. The van der Waals surface area contributed by atoms with E-state index in [1.165, 1.54) is 217 Å². The van der Waals surface area contributed by atoms with Gasteiger partial charge in [-0.2, -0.15) is 0 Å². The van der Waals surface area contributed by atoms with E-state index >= 15 is 0 Å². The summed E-state index contributed by atoms with van der Waals surface area (Å²) in [6, 6.07) is 125. The van der Waals surface area contributed by atoms with Crippen LogP contribution in [0.25, 0.3) is 233 Å². The fraction of sp³-hybridized carbons (Fsp3) is 0. The summed E-state index contributed by atoms with van der Waals surface area (Å²) in [6.07, 6.45) is 0. The highest BCUT2D eigenvalue weighted by atomic mass is 32.1. The predicted molar refractivity (Wildman–Crippen MR) is 433 cm³/mol. The van der Waals surface area contributed by atoms with Gasteiger partial charge in [0.05, 0.1) is 11.0 Å². The number of benzene rings is 18. The maximum atomic E-state index is 6.95. The van der Waals surface area contributed by atoms with Gasteiger partial charge in [-0.15, -0.1) is 11.3 Å². The van der Waals surface area contributed by atoms with Crippen LogP contribution in [0.5, 0.6) is 0 Å². The Balaban J connectivity index is 0.711. The number of aromatic nitrogens is 1. The number of para-hydroxylation sites is 2. The molecule has 101 heavy (non-hydrogen) atoms. The van der Waals surface area contributed by atoms with E-state index in [9.17, 15) is 0 Å². The van der Waals surface area contributed by atoms with Crippen molar-refractivity contribution < 1.29 is 4.42 Å². The standard InChI is InChI=1S/C98H55NOS/c1-4-20-58(21-5-1)86-68-30-12-13-31-69(68)88(95-74-45-44-73-90-66-28-11-10-19-57(66)40-49-82(90)100-83-50-46-76(97(86)95)91(74)93(73)83)60-37-35-56(36-38-60)61-24-18-25-64(53-61)89-71-33-15-14-32-70(71)87(59-22-6-2-7-23-59)96-75-43-42-72-79-55-63(41-51-84(79)101-85-52-47-77(98(89)96)92(75)94(72)85)62-39-48-81-78(54-62)67-29-16-17-34-80(67)99(81)65-26-8-3-9-27-65/h1-55H. The van der Waals surface area contributed by atoms with Gasteiger partial charge < -0.3 is 8.98 Å². The van der Waals surface area contributed by atoms with Crippen molar-refractivity contribution in [3.05, 3.63) is 334 Å². The molecule has 0 amide bonds. The van der Waals surface area contributed by atoms with Gasteiger partial charge >= 0.3 is 0 Å². The second-order valence-corrected chi connectivity index (χ2v) is 28.6. The largest absolute Gasteiger partial charge is 0.456 e. The van der Waals surface area contributed by atoms with Crippen LogP contribution in [-0.4, -0.2) is 4.57 Å². The molecule has 3 heteroatoms. The zero-order chi connectivity index (χ0) is 65.7. The highest BCUT2D eigenvalue weighted by Crippen LogP contribution is 2.57. The van der Waals surface area contributed by atoms with Crippen molar-refractivity contribution in [2.24, 2.45) is 0 Å². The quantitative estimate of drug-likeness (QED) is 0.115. The van der Waals surface area contributed by atoms with E-state index in [4.69, 9.17) is 4.42 Å². The molecule has 0 spiro atoms. The van der Waals surface area contributed by atoms with Gasteiger partial charge in [0.25, 0.3) is 0 Å². The molecule has 0 N–H and O–H groups in total. The molecule has 0 atom stereocenters. The van der Waals surface area contributed by atoms with Crippen LogP contribution in [0.3, 0.4) is 0 Å². The molecule has 3 aromatic heterocycles. The van der Waals surface area contributed by atoms with Crippen LogP contribution in [0.1, 0.15) is 0 Å². The molecule has 0 saturated carbocycles. The van der Waals surface area contributed by atoms with Gasteiger partial charge in [0.2, 0.25) is 0 Å². The van der Waals surface area contributed by atoms with E-state index in [0.717, 1.165) is 16.6 Å². The fourth-order valence-corrected chi connectivity index (χ4v) is 19.4. The van der Waals surface area contributed by atoms with Crippen LogP contribution in [0.2, 0.25) is 0 Å². The van der Waals surface area contributed by atoms with Crippen molar-refractivity contribution in [1.82, 2.24) is 4.57 Å². The Kier molecular flexibility index (Phi) is 11.4. The van der Waals surface area contributed by atoms with E-state index < -0.39 is 0 Å². The van der Waals surface area contributed by atoms with Gasteiger partial charge in [-0.3, -0.25) is 0 Å². The topological polar surface area (TPSA) is 18.1 Å². The summed E-state index contributed by atoms with van der Waals surface area (Å²) in [5, 5.41) is 30.1. The Hall–Kier alpha value is -12.9. The number of hydrogen-bond acceptors (Lipinski definition) is 2. The predicted octanol–water partition coefficient (Wildman–Crippen LogP) is 28.3. The van der Waals surface area contributed by atoms with Crippen molar-refractivity contribution in [2.75, 3.05) is 0 Å². The summed E-state index contributed by atoms with van der Waals surface area (Å²) in [4.78, 5) is 0. The van der Waals surface area contributed by atoms with Crippen LogP contribution < -0.4 is 0 Å². The van der Waals surface area contributed by atoms with Crippen LogP contribution in [0, 0.1) is 0 Å². The molecule has 0 fully saturated rings. The third-order valence-corrected chi connectivity index (χ3v) is 23.6. The van der Waals surface area contributed by atoms with Crippen molar-refractivity contribution in [3.8, 4) is 72.4 Å². The molecule has 0 bridgehead atoms. The number of fused-ring (bicyclic) bond motifs is 17. The monoisotopic (exact) mass is 1290 g/mol. The lowest BCUT2D eigenvalue weighted by Crippen LogP contribution is -1.92. The first-order valence-electron chi connectivity index (χ1n) is 35.0. The van der Waals surface area contributed by atoms with Gasteiger partial charge in [0.1, 0.15) is 11.2 Å². The van der Waals surface area contributed by atoms with Crippen molar-refractivity contribution in [3.63, 3.8) is 0 Å². The Morgan fingerprint density at radius 3 is 1.27 bits per heavy atom. The highest BCUT2D eigenvalue weighted by Gasteiger charge is 2.29. The van der Waals surface area contributed by atoms with Crippen LogP contribution in [0.4, 0.5) is 0 Å². The molecule has 23 rings (SSSR count). The molecule has 464 valence electrons. The SMILES string of the molecule is c1ccc(-c2c3ccccc3c(-c3ccc(-c4cccc(-c5c6ccccc6c(-c6ccccc6)c6c7ccc8c9cc(-c%10ccc%11c(c%10)c%10ccccc%10n%11-c%10ccccc%10)ccc9sc9ccc(c56)c7c98)c4)cc3)c3c4ccc5c6c(ccc7ccccc76)oc6ccc(c23)c4c65)cc1. The van der Waals surface area contributed by atoms with Crippen LogP contribution >= 0.6 is 11.3 Å². The van der Waals surface area contributed by atoms with Gasteiger partial charge in [-0.1, -0.05) is 261 Å². The average molecular weight is 1290 g/mol. The van der Waals surface area contributed by atoms with Crippen LogP contribution in [0.15, 0.2) is 338 Å². The van der Waals surface area contributed by atoms with E-state index in [-0.39, 0.29) is 0 Å². The van der Waals surface area contributed by atoms with Gasteiger partial charge in [0.15, 0.2) is 0 Å². The molecule has 0 aliphatic rings. The summed E-state index contributed by atoms with van der Waals surface area (Å²) >= 11 is 1.91. The van der Waals surface area contributed by atoms with E-state index in [1.54, 1.807) is 0 Å². The average Bonchev–Trinajstić information content (AvgIpc) is 1.55. The maximum Gasteiger partial charge on any atom is 0.135 e. The molecular weight excluding hydrogens is 1240 g/mol. The van der Waals surface area contributed by atoms with Gasteiger partial charge in [0, 0.05) is 52.8 Å². The minimum atomic E-state index is 0.900. The molecule has 20 aromatic carbocycles.